The first kappa shape index (κ1) is 18.5. The number of fused-ring (bicyclic) bond motifs is 1. The molecule has 1 atom stereocenters. The quantitative estimate of drug-likeness (QED) is 0.813. The van der Waals surface area contributed by atoms with Gasteiger partial charge in [-0.15, -0.1) is 12.4 Å². The van der Waals surface area contributed by atoms with E-state index < -0.39 is 0 Å². The van der Waals surface area contributed by atoms with E-state index in [1.165, 1.54) is 0 Å². The molecule has 1 aromatic carbocycles. The molecular weight excluding hydrogens is 332 g/mol. The summed E-state index contributed by atoms with van der Waals surface area (Å²) in [6, 6.07) is 7.74. The van der Waals surface area contributed by atoms with Gasteiger partial charge in [0.2, 0.25) is 5.89 Å². The number of ether oxygens (including phenoxy) is 2. The number of nitrogens with two attached hydrogens (primary N) is 1. The Hall–Kier alpha value is -1.83. The van der Waals surface area contributed by atoms with E-state index in [0.29, 0.717) is 24.9 Å². The predicted molar refractivity (Wildman–Crippen MR) is 91.4 cm³/mol. The molecule has 2 heterocycles. The third-order valence-electron chi connectivity index (χ3n) is 3.62. The molecule has 0 bridgehead atoms. The molecule has 0 radical (unpaired) electrons. The van der Waals surface area contributed by atoms with E-state index in [0.717, 1.165) is 31.0 Å². The van der Waals surface area contributed by atoms with Crippen molar-refractivity contribution in [3.05, 3.63) is 36.0 Å². The smallest absolute Gasteiger partial charge is 0.240 e. The molecule has 0 spiro atoms. The fourth-order valence-electron chi connectivity index (χ4n) is 2.63. The fourth-order valence-corrected chi connectivity index (χ4v) is 2.63. The Morgan fingerprint density at radius 1 is 1.29 bits per heavy atom. The number of hydrogen-bond acceptors (Lipinski definition) is 7. The average molecular weight is 355 g/mol. The first-order chi connectivity index (χ1) is 11.3. The average Bonchev–Trinajstić information content (AvgIpc) is 3.02. The third-order valence-corrected chi connectivity index (χ3v) is 3.62. The first-order valence-electron chi connectivity index (χ1n) is 7.91. The number of nitrogens with zero attached hydrogens (tertiary/aromatic N) is 3. The van der Waals surface area contributed by atoms with Gasteiger partial charge < -0.3 is 19.7 Å². The summed E-state index contributed by atoms with van der Waals surface area (Å²) in [5.41, 5.74) is 5.50. The third kappa shape index (κ3) is 4.59. The second-order valence-electron chi connectivity index (χ2n) is 5.54. The lowest BCUT2D eigenvalue weighted by Gasteiger charge is -2.30. The lowest BCUT2D eigenvalue weighted by molar-refractivity contribution is 0.0555. The van der Waals surface area contributed by atoms with E-state index in [9.17, 15) is 0 Å². The standard InChI is InChI=1S/C16H22N4O3.ClH/c1-2-7-20(10-15-18-16(8-17)23-19-15)9-12-11-21-13-5-3-4-6-14(13)22-12;/h3-6,12H,2,7-11,17H2,1H3;1H. The van der Waals surface area contributed by atoms with Crippen molar-refractivity contribution < 1.29 is 14.0 Å². The molecule has 0 amide bonds. The molecule has 3 rings (SSSR count). The van der Waals surface area contributed by atoms with Crippen LogP contribution in [0.2, 0.25) is 0 Å². The van der Waals surface area contributed by atoms with Crippen LogP contribution in [0.1, 0.15) is 25.1 Å². The summed E-state index contributed by atoms with van der Waals surface area (Å²) in [5, 5.41) is 3.96. The molecule has 1 aliphatic rings. The van der Waals surface area contributed by atoms with Gasteiger partial charge >= 0.3 is 0 Å². The Balaban J connectivity index is 0.00000208. The number of aromatic nitrogens is 2. The number of para-hydroxylation sites is 2. The van der Waals surface area contributed by atoms with E-state index in [1.807, 2.05) is 24.3 Å². The van der Waals surface area contributed by atoms with E-state index >= 15 is 0 Å². The number of hydrogen-bond donors (Lipinski definition) is 1. The minimum absolute atomic E-state index is 0. The molecule has 8 heteroatoms. The van der Waals surface area contributed by atoms with E-state index in [2.05, 4.69) is 22.0 Å². The van der Waals surface area contributed by atoms with Crippen molar-refractivity contribution in [1.29, 1.82) is 0 Å². The zero-order valence-corrected chi connectivity index (χ0v) is 14.5. The topological polar surface area (TPSA) is 86.6 Å². The largest absolute Gasteiger partial charge is 0.486 e. The molecule has 0 saturated carbocycles. The highest BCUT2D eigenvalue weighted by Crippen LogP contribution is 2.31. The molecule has 24 heavy (non-hydrogen) atoms. The molecule has 132 valence electrons. The van der Waals surface area contributed by atoms with Gasteiger partial charge in [0.05, 0.1) is 13.1 Å². The molecule has 7 nitrogen and oxygen atoms in total. The van der Waals surface area contributed by atoms with Crippen molar-refractivity contribution in [2.75, 3.05) is 19.7 Å². The predicted octanol–water partition coefficient (Wildman–Crippen LogP) is 2.00. The van der Waals surface area contributed by atoms with Crippen LogP contribution in [0.4, 0.5) is 0 Å². The molecule has 2 aromatic rings. The van der Waals surface area contributed by atoms with Gasteiger partial charge in [-0.25, -0.2) is 0 Å². The molecule has 0 saturated heterocycles. The normalized spacial score (nSPS) is 16.0. The van der Waals surface area contributed by atoms with Crippen molar-refractivity contribution in [3.63, 3.8) is 0 Å². The van der Waals surface area contributed by atoms with Gasteiger partial charge in [0, 0.05) is 6.54 Å². The summed E-state index contributed by atoms with van der Waals surface area (Å²) >= 11 is 0. The fraction of sp³-hybridized carbons (Fsp3) is 0.500. The van der Waals surface area contributed by atoms with Crippen molar-refractivity contribution >= 4 is 12.4 Å². The summed E-state index contributed by atoms with van der Waals surface area (Å²) < 4.78 is 16.9. The van der Waals surface area contributed by atoms with Crippen LogP contribution < -0.4 is 15.2 Å². The summed E-state index contributed by atoms with van der Waals surface area (Å²) in [6.07, 6.45) is 1.02. The van der Waals surface area contributed by atoms with Crippen LogP contribution in [-0.2, 0) is 13.1 Å². The van der Waals surface area contributed by atoms with Crippen LogP contribution in [0.3, 0.4) is 0 Å². The Morgan fingerprint density at radius 3 is 2.79 bits per heavy atom. The lowest BCUT2D eigenvalue weighted by atomic mass is 10.2. The Bertz CT molecular complexity index is 637. The van der Waals surface area contributed by atoms with Crippen LogP contribution in [-0.4, -0.2) is 40.8 Å². The minimum Gasteiger partial charge on any atom is -0.486 e. The molecule has 1 unspecified atom stereocenters. The van der Waals surface area contributed by atoms with Crippen LogP contribution in [0.5, 0.6) is 11.5 Å². The second kappa shape index (κ2) is 8.86. The molecular formula is C16H23ClN4O3. The van der Waals surface area contributed by atoms with E-state index in [4.69, 9.17) is 19.7 Å². The number of rotatable bonds is 7. The zero-order chi connectivity index (χ0) is 16.1. The van der Waals surface area contributed by atoms with E-state index in [1.54, 1.807) is 0 Å². The molecule has 1 aliphatic heterocycles. The first-order valence-corrected chi connectivity index (χ1v) is 7.91. The Morgan fingerprint density at radius 2 is 2.08 bits per heavy atom. The molecule has 2 N–H and O–H groups in total. The van der Waals surface area contributed by atoms with Crippen LogP contribution in [0.25, 0.3) is 0 Å². The van der Waals surface area contributed by atoms with Gasteiger partial charge in [0.15, 0.2) is 17.3 Å². The Kier molecular flexibility index (Phi) is 6.84. The number of benzene rings is 1. The van der Waals surface area contributed by atoms with Gasteiger partial charge in [-0.1, -0.05) is 24.2 Å². The summed E-state index contributed by atoms with van der Waals surface area (Å²) in [7, 11) is 0. The second-order valence-corrected chi connectivity index (χ2v) is 5.54. The van der Waals surface area contributed by atoms with E-state index in [-0.39, 0.29) is 25.1 Å². The van der Waals surface area contributed by atoms with Crippen molar-refractivity contribution in [2.24, 2.45) is 5.73 Å². The maximum Gasteiger partial charge on any atom is 0.240 e. The van der Waals surface area contributed by atoms with Gasteiger partial charge in [-0.3, -0.25) is 4.90 Å². The SMILES string of the molecule is CCCN(Cc1noc(CN)n1)CC1COc2ccccc2O1.Cl. The molecule has 0 aliphatic carbocycles. The highest BCUT2D eigenvalue weighted by atomic mass is 35.5. The van der Waals surface area contributed by atoms with Crippen molar-refractivity contribution in [3.8, 4) is 11.5 Å². The Labute approximate surface area is 147 Å². The maximum atomic E-state index is 6.02. The molecule has 0 fully saturated rings. The van der Waals surface area contributed by atoms with Gasteiger partial charge in [0.25, 0.3) is 0 Å². The van der Waals surface area contributed by atoms with Gasteiger partial charge in [-0.05, 0) is 25.1 Å². The summed E-state index contributed by atoms with van der Waals surface area (Å²) in [4.78, 5) is 6.51. The lowest BCUT2D eigenvalue weighted by Crippen LogP contribution is -2.41. The number of halogens is 1. The van der Waals surface area contributed by atoms with Gasteiger partial charge in [-0.2, -0.15) is 4.98 Å². The highest BCUT2D eigenvalue weighted by Gasteiger charge is 2.23. The summed E-state index contributed by atoms with van der Waals surface area (Å²) in [6.45, 7) is 5.22. The maximum absolute atomic E-state index is 6.02. The molecule has 1 aromatic heterocycles. The van der Waals surface area contributed by atoms with Crippen LogP contribution >= 0.6 is 12.4 Å². The summed E-state index contributed by atoms with van der Waals surface area (Å²) in [5.74, 6) is 2.71. The zero-order valence-electron chi connectivity index (χ0n) is 13.7. The van der Waals surface area contributed by atoms with Crippen LogP contribution in [0, 0.1) is 0 Å². The van der Waals surface area contributed by atoms with Crippen molar-refractivity contribution in [2.45, 2.75) is 32.5 Å². The van der Waals surface area contributed by atoms with Gasteiger partial charge in [0.1, 0.15) is 12.7 Å². The van der Waals surface area contributed by atoms with Crippen molar-refractivity contribution in [1.82, 2.24) is 15.0 Å². The minimum atomic E-state index is -0.0164. The highest BCUT2D eigenvalue weighted by molar-refractivity contribution is 5.85. The monoisotopic (exact) mass is 354 g/mol. The van der Waals surface area contributed by atoms with Crippen LogP contribution in [0.15, 0.2) is 28.8 Å².